The van der Waals surface area contributed by atoms with E-state index in [1.165, 1.54) is 0 Å². The van der Waals surface area contributed by atoms with Crippen LogP contribution in [-0.4, -0.2) is 29.1 Å². The molecule has 0 aliphatic heterocycles. The number of hydrogen-bond donors (Lipinski definition) is 1. The summed E-state index contributed by atoms with van der Waals surface area (Å²) in [6.45, 7) is 6.06. The second-order valence-corrected chi connectivity index (χ2v) is 3.81. The molecule has 0 saturated carbocycles. The van der Waals surface area contributed by atoms with Gasteiger partial charge in [0.1, 0.15) is 0 Å². The third-order valence-electron chi connectivity index (χ3n) is 1.78. The molecule has 0 aliphatic carbocycles. The normalized spacial score (nSPS) is 12.0. The zero-order valence-corrected chi connectivity index (χ0v) is 9.48. The fraction of sp³-hybridized carbons (Fsp3) is 0.778. The van der Waals surface area contributed by atoms with Crippen LogP contribution >= 0.6 is 12.2 Å². The molecule has 13 heavy (non-hydrogen) atoms. The molecule has 0 spiro atoms. The van der Waals surface area contributed by atoms with Gasteiger partial charge in [-0.2, -0.15) is 5.26 Å². The molecule has 1 atom stereocenters. The smallest absolute Gasteiger partial charge is 0.169 e. The van der Waals surface area contributed by atoms with Crippen LogP contribution in [0.15, 0.2) is 0 Å². The zero-order valence-electron chi connectivity index (χ0n) is 8.66. The van der Waals surface area contributed by atoms with Crippen molar-refractivity contribution in [2.24, 2.45) is 0 Å². The second-order valence-electron chi connectivity index (χ2n) is 3.43. The van der Waals surface area contributed by atoms with Crippen LogP contribution in [0.2, 0.25) is 0 Å². The van der Waals surface area contributed by atoms with E-state index in [1.54, 1.807) is 0 Å². The van der Waals surface area contributed by atoms with Gasteiger partial charge in [-0.25, -0.2) is 0 Å². The van der Waals surface area contributed by atoms with Crippen molar-refractivity contribution < 1.29 is 0 Å². The van der Waals surface area contributed by atoms with Crippen LogP contribution in [0.3, 0.4) is 0 Å². The predicted octanol–water partition coefficient (Wildman–Crippen LogP) is 1.50. The van der Waals surface area contributed by atoms with Gasteiger partial charge in [0.2, 0.25) is 0 Å². The quantitative estimate of drug-likeness (QED) is 0.699. The van der Waals surface area contributed by atoms with Gasteiger partial charge >= 0.3 is 0 Å². The van der Waals surface area contributed by atoms with Crippen LogP contribution in [-0.2, 0) is 0 Å². The molecule has 0 fully saturated rings. The minimum Gasteiger partial charge on any atom is -0.360 e. The van der Waals surface area contributed by atoms with Crippen molar-refractivity contribution in [1.29, 1.82) is 5.26 Å². The summed E-state index contributed by atoms with van der Waals surface area (Å²) in [4.78, 5) is 1.92. The molecular weight excluding hydrogens is 182 g/mol. The molecule has 4 heteroatoms. The maximum Gasteiger partial charge on any atom is 0.169 e. The third kappa shape index (κ3) is 4.69. The Morgan fingerprint density at radius 2 is 2.08 bits per heavy atom. The summed E-state index contributed by atoms with van der Waals surface area (Å²) in [6, 6.07) is 2.63. The number of nitrogens with zero attached hydrogens (tertiary/aromatic N) is 2. The Balaban J connectivity index is 4.03. The van der Waals surface area contributed by atoms with Crippen molar-refractivity contribution in [1.82, 2.24) is 10.2 Å². The maximum atomic E-state index is 8.51. The first-order valence-electron chi connectivity index (χ1n) is 4.39. The Labute approximate surface area is 85.7 Å². The zero-order chi connectivity index (χ0) is 10.4. The number of rotatable bonds is 3. The minimum absolute atomic E-state index is 0.170. The second kappa shape index (κ2) is 5.76. The maximum absolute atomic E-state index is 8.51. The van der Waals surface area contributed by atoms with Gasteiger partial charge in [0.15, 0.2) is 5.11 Å². The summed E-state index contributed by atoms with van der Waals surface area (Å²) in [5, 5.41) is 12.3. The highest BCUT2D eigenvalue weighted by Gasteiger charge is 2.11. The van der Waals surface area contributed by atoms with Crippen LogP contribution in [0.5, 0.6) is 0 Å². The lowest BCUT2D eigenvalue weighted by molar-refractivity contribution is 0.386. The van der Waals surface area contributed by atoms with Crippen molar-refractivity contribution in [3.8, 4) is 6.07 Å². The van der Waals surface area contributed by atoms with E-state index in [0.717, 1.165) is 0 Å². The molecule has 0 rings (SSSR count). The minimum atomic E-state index is 0.170. The lowest BCUT2D eigenvalue weighted by Crippen LogP contribution is -2.44. The molecule has 1 N–H and O–H groups in total. The Kier molecular flexibility index (Phi) is 5.40. The average molecular weight is 199 g/mol. The Bertz CT molecular complexity index is 207. The van der Waals surface area contributed by atoms with Crippen LogP contribution < -0.4 is 5.32 Å². The molecule has 0 saturated heterocycles. The molecule has 0 aromatic carbocycles. The van der Waals surface area contributed by atoms with Crippen molar-refractivity contribution in [3.63, 3.8) is 0 Å². The average Bonchev–Trinajstić information content (AvgIpc) is 2.02. The first-order valence-corrected chi connectivity index (χ1v) is 4.80. The highest BCUT2D eigenvalue weighted by atomic mass is 32.1. The van der Waals surface area contributed by atoms with E-state index >= 15 is 0 Å². The molecule has 1 unspecified atom stereocenters. The summed E-state index contributed by atoms with van der Waals surface area (Å²) in [5.74, 6) is 0. The summed E-state index contributed by atoms with van der Waals surface area (Å²) in [5.41, 5.74) is 0. The van der Waals surface area contributed by atoms with E-state index < -0.39 is 0 Å². The highest BCUT2D eigenvalue weighted by molar-refractivity contribution is 7.80. The Morgan fingerprint density at radius 1 is 1.54 bits per heavy atom. The SMILES string of the molecule is CC(C)NC(=S)N(C)C(C)CC#N. The van der Waals surface area contributed by atoms with Crippen molar-refractivity contribution in [2.45, 2.75) is 39.3 Å². The fourth-order valence-corrected chi connectivity index (χ4v) is 1.23. The summed E-state index contributed by atoms with van der Waals surface area (Å²) in [6.07, 6.45) is 0.496. The molecule has 0 radical (unpaired) electrons. The Hall–Kier alpha value is -0.820. The molecule has 3 nitrogen and oxygen atoms in total. The number of nitriles is 1. The van der Waals surface area contributed by atoms with E-state index in [9.17, 15) is 0 Å². The lowest BCUT2D eigenvalue weighted by atomic mass is 10.2. The van der Waals surface area contributed by atoms with E-state index in [0.29, 0.717) is 17.6 Å². The summed E-state index contributed by atoms with van der Waals surface area (Å²) in [7, 11) is 1.90. The highest BCUT2D eigenvalue weighted by Crippen LogP contribution is 2.00. The van der Waals surface area contributed by atoms with E-state index in [1.807, 2.05) is 32.7 Å². The third-order valence-corrected chi connectivity index (χ3v) is 2.19. The van der Waals surface area contributed by atoms with Crippen LogP contribution in [0.4, 0.5) is 0 Å². The van der Waals surface area contributed by atoms with Gasteiger partial charge in [-0.1, -0.05) is 0 Å². The first kappa shape index (κ1) is 12.2. The lowest BCUT2D eigenvalue weighted by Gasteiger charge is -2.27. The van der Waals surface area contributed by atoms with E-state index in [2.05, 4.69) is 11.4 Å². The van der Waals surface area contributed by atoms with Gasteiger partial charge in [0.05, 0.1) is 12.5 Å². The topological polar surface area (TPSA) is 39.1 Å². The van der Waals surface area contributed by atoms with Crippen molar-refractivity contribution in [2.75, 3.05) is 7.05 Å². The van der Waals surface area contributed by atoms with Crippen molar-refractivity contribution >= 4 is 17.3 Å². The number of nitrogens with one attached hydrogen (secondary N) is 1. The van der Waals surface area contributed by atoms with E-state index in [4.69, 9.17) is 17.5 Å². The van der Waals surface area contributed by atoms with Crippen LogP contribution in [0.25, 0.3) is 0 Å². The van der Waals surface area contributed by atoms with Gasteiger partial charge in [-0.3, -0.25) is 0 Å². The van der Waals surface area contributed by atoms with Crippen LogP contribution in [0, 0.1) is 11.3 Å². The van der Waals surface area contributed by atoms with Gasteiger partial charge in [-0.15, -0.1) is 0 Å². The molecule has 0 bridgehead atoms. The van der Waals surface area contributed by atoms with E-state index in [-0.39, 0.29) is 6.04 Å². The summed E-state index contributed by atoms with van der Waals surface area (Å²) < 4.78 is 0. The monoisotopic (exact) mass is 199 g/mol. The molecule has 74 valence electrons. The fourth-order valence-electron chi connectivity index (χ4n) is 0.818. The molecule has 0 amide bonds. The predicted molar refractivity (Wildman–Crippen MR) is 58.3 cm³/mol. The summed E-state index contributed by atoms with van der Waals surface area (Å²) >= 11 is 5.15. The Morgan fingerprint density at radius 3 is 2.46 bits per heavy atom. The van der Waals surface area contributed by atoms with Gasteiger partial charge in [0.25, 0.3) is 0 Å². The molecule has 0 heterocycles. The van der Waals surface area contributed by atoms with Gasteiger partial charge in [-0.05, 0) is 33.0 Å². The molecule has 0 aliphatic rings. The number of hydrogen-bond acceptors (Lipinski definition) is 2. The van der Waals surface area contributed by atoms with Gasteiger partial charge < -0.3 is 10.2 Å². The molecular formula is C9H17N3S. The number of thiocarbonyl (C=S) groups is 1. The first-order chi connectivity index (χ1) is 5.99. The van der Waals surface area contributed by atoms with Gasteiger partial charge in [0, 0.05) is 19.1 Å². The van der Waals surface area contributed by atoms with Crippen LogP contribution in [0.1, 0.15) is 27.2 Å². The molecule has 0 aromatic heterocycles. The largest absolute Gasteiger partial charge is 0.360 e. The molecule has 0 aromatic rings. The standard InChI is InChI=1S/C9H17N3S/c1-7(2)11-9(13)12(4)8(3)5-6-10/h7-8H,5H2,1-4H3,(H,11,13). The van der Waals surface area contributed by atoms with Crippen molar-refractivity contribution in [3.05, 3.63) is 0 Å².